The van der Waals surface area contributed by atoms with Crippen LogP contribution in [0, 0.1) is 28.6 Å². The van der Waals surface area contributed by atoms with Crippen molar-refractivity contribution in [3.63, 3.8) is 0 Å². The van der Waals surface area contributed by atoms with Gasteiger partial charge in [-0.1, -0.05) is 19.4 Å². The summed E-state index contributed by atoms with van der Waals surface area (Å²) < 4.78 is 6.68. The van der Waals surface area contributed by atoms with Crippen LogP contribution < -0.4 is 0 Å². The zero-order valence-electron chi connectivity index (χ0n) is 16.9. The van der Waals surface area contributed by atoms with Gasteiger partial charge in [-0.3, -0.25) is 4.79 Å². The van der Waals surface area contributed by atoms with Crippen LogP contribution in [0.25, 0.3) is 0 Å². The van der Waals surface area contributed by atoms with Gasteiger partial charge in [-0.2, -0.15) is 0 Å². The molecule has 0 N–H and O–H groups in total. The SMILES string of the molecule is CC12CCC(=O)C=C1CC[C@@H]1[C@@H]2CCC2(C)[C@@H](O[Si](C)(C)C)CC[C@@H]12. The van der Waals surface area contributed by atoms with E-state index in [9.17, 15) is 4.79 Å². The van der Waals surface area contributed by atoms with Crippen molar-refractivity contribution in [1.82, 2.24) is 0 Å². The lowest BCUT2D eigenvalue weighted by Crippen LogP contribution is -2.52. The number of rotatable bonds is 2. The topological polar surface area (TPSA) is 26.3 Å². The average molecular weight is 361 g/mol. The lowest BCUT2D eigenvalue weighted by Gasteiger charge is -2.58. The Morgan fingerprint density at radius 3 is 2.48 bits per heavy atom. The van der Waals surface area contributed by atoms with Crippen LogP contribution in [0.15, 0.2) is 11.6 Å². The first kappa shape index (κ1) is 18.0. The molecule has 0 heterocycles. The number of allylic oxidation sites excluding steroid dienone is 1. The van der Waals surface area contributed by atoms with E-state index in [1.807, 2.05) is 6.08 Å². The molecular formula is C22H36O2Si. The van der Waals surface area contributed by atoms with E-state index in [4.69, 9.17) is 4.43 Å². The minimum absolute atomic E-state index is 0.301. The highest BCUT2D eigenvalue weighted by Gasteiger charge is 2.59. The van der Waals surface area contributed by atoms with Crippen molar-refractivity contribution in [3.05, 3.63) is 11.6 Å². The number of ketones is 1. The largest absolute Gasteiger partial charge is 0.414 e. The summed E-state index contributed by atoms with van der Waals surface area (Å²) in [5.41, 5.74) is 2.18. The Morgan fingerprint density at radius 2 is 1.76 bits per heavy atom. The van der Waals surface area contributed by atoms with Gasteiger partial charge in [0, 0.05) is 6.42 Å². The van der Waals surface area contributed by atoms with Gasteiger partial charge in [0.15, 0.2) is 14.1 Å². The zero-order chi connectivity index (χ0) is 18.0. The van der Waals surface area contributed by atoms with E-state index in [1.165, 1.54) is 37.7 Å². The van der Waals surface area contributed by atoms with Crippen molar-refractivity contribution in [3.8, 4) is 0 Å². The van der Waals surface area contributed by atoms with Crippen molar-refractivity contribution in [2.24, 2.45) is 28.6 Å². The summed E-state index contributed by atoms with van der Waals surface area (Å²) in [6.45, 7) is 12.0. The Balaban J connectivity index is 1.60. The number of carbonyl (C=O) groups is 1. The quantitative estimate of drug-likeness (QED) is 0.587. The van der Waals surface area contributed by atoms with Crippen LogP contribution in [-0.4, -0.2) is 20.2 Å². The van der Waals surface area contributed by atoms with Crippen LogP contribution in [-0.2, 0) is 9.22 Å². The maximum absolute atomic E-state index is 11.9. The summed E-state index contributed by atoms with van der Waals surface area (Å²) in [5.74, 6) is 2.85. The van der Waals surface area contributed by atoms with Crippen LogP contribution in [0.5, 0.6) is 0 Å². The van der Waals surface area contributed by atoms with Gasteiger partial charge in [0.2, 0.25) is 0 Å². The van der Waals surface area contributed by atoms with E-state index in [0.29, 0.717) is 22.7 Å². The molecule has 3 saturated carbocycles. The molecule has 2 unspecified atom stereocenters. The number of carbonyl (C=O) groups excluding carboxylic acids is 1. The summed E-state index contributed by atoms with van der Waals surface area (Å²) in [6, 6.07) is 0. The highest BCUT2D eigenvalue weighted by Crippen LogP contribution is 2.65. The fourth-order valence-corrected chi connectivity index (χ4v) is 8.37. The Morgan fingerprint density at radius 1 is 1.00 bits per heavy atom. The van der Waals surface area contributed by atoms with Gasteiger partial charge in [0.05, 0.1) is 6.10 Å². The molecule has 25 heavy (non-hydrogen) atoms. The fraction of sp³-hybridized carbons (Fsp3) is 0.864. The predicted molar refractivity (Wildman–Crippen MR) is 105 cm³/mol. The second-order valence-corrected chi connectivity index (χ2v) is 15.3. The molecule has 3 heteroatoms. The Bertz CT molecular complexity index is 604. The summed E-state index contributed by atoms with van der Waals surface area (Å²) >= 11 is 0. The van der Waals surface area contributed by atoms with Gasteiger partial charge in [-0.05, 0) is 99.2 Å². The van der Waals surface area contributed by atoms with Crippen molar-refractivity contribution < 1.29 is 9.22 Å². The van der Waals surface area contributed by atoms with Crippen LogP contribution in [0.4, 0.5) is 0 Å². The molecule has 0 radical (unpaired) electrons. The molecule has 4 aliphatic carbocycles. The van der Waals surface area contributed by atoms with Crippen LogP contribution in [0.1, 0.15) is 65.2 Å². The van der Waals surface area contributed by atoms with E-state index in [-0.39, 0.29) is 0 Å². The molecule has 0 spiro atoms. The minimum Gasteiger partial charge on any atom is -0.414 e. The normalized spacial score (nSPS) is 46.9. The van der Waals surface area contributed by atoms with Gasteiger partial charge in [-0.25, -0.2) is 0 Å². The second-order valence-electron chi connectivity index (χ2n) is 10.8. The second kappa shape index (κ2) is 5.79. The molecule has 0 bridgehead atoms. The molecule has 0 saturated heterocycles. The summed E-state index contributed by atoms with van der Waals surface area (Å²) in [6.07, 6.45) is 12.1. The third kappa shape index (κ3) is 2.81. The molecular weight excluding hydrogens is 324 g/mol. The molecule has 2 nitrogen and oxygen atoms in total. The molecule has 3 fully saturated rings. The van der Waals surface area contributed by atoms with E-state index in [1.54, 1.807) is 0 Å². The van der Waals surface area contributed by atoms with Crippen molar-refractivity contribution in [1.29, 1.82) is 0 Å². The van der Waals surface area contributed by atoms with Crippen molar-refractivity contribution in [2.45, 2.75) is 91.0 Å². The number of hydrogen-bond donors (Lipinski definition) is 0. The molecule has 0 aromatic carbocycles. The molecule has 0 aromatic rings. The first-order valence-corrected chi connectivity index (χ1v) is 14.0. The highest BCUT2D eigenvalue weighted by molar-refractivity contribution is 6.69. The minimum atomic E-state index is -1.49. The number of fused-ring (bicyclic) bond motifs is 5. The average Bonchev–Trinajstić information content (AvgIpc) is 2.83. The molecule has 4 aliphatic rings. The molecule has 140 valence electrons. The third-order valence-corrected chi connectivity index (χ3v) is 9.36. The molecule has 4 rings (SSSR count). The summed E-state index contributed by atoms with van der Waals surface area (Å²) in [4.78, 5) is 11.9. The third-order valence-electron chi connectivity index (χ3n) is 8.37. The fourth-order valence-electron chi connectivity index (χ4n) is 7.13. The van der Waals surface area contributed by atoms with Crippen LogP contribution in [0.2, 0.25) is 19.6 Å². The van der Waals surface area contributed by atoms with E-state index in [0.717, 1.165) is 37.0 Å². The van der Waals surface area contributed by atoms with Gasteiger partial charge in [0.1, 0.15) is 0 Å². The first-order chi connectivity index (χ1) is 11.6. The van der Waals surface area contributed by atoms with Gasteiger partial charge < -0.3 is 4.43 Å². The summed E-state index contributed by atoms with van der Waals surface area (Å²) in [7, 11) is -1.49. The van der Waals surface area contributed by atoms with Gasteiger partial charge >= 0.3 is 0 Å². The van der Waals surface area contributed by atoms with Crippen LogP contribution in [0.3, 0.4) is 0 Å². The van der Waals surface area contributed by atoms with Gasteiger partial charge in [0.25, 0.3) is 0 Å². The first-order valence-electron chi connectivity index (χ1n) is 10.6. The Labute approximate surface area is 154 Å². The van der Waals surface area contributed by atoms with Crippen LogP contribution >= 0.6 is 0 Å². The number of hydrogen-bond acceptors (Lipinski definition) is 2. The smallest absolute Gasteiger partial charge is 0.184 e. The maximum atomic E-state index is 11.9. The molecule has 0 aliphatic heterocycles. The van der Waals surface area contributed by atoms with E-state index < -0.39 is 8.32 Å². The predicted octanol–water partition coefficient (Wildman–Crippen LogP) is 5.74. The molecule has 0 aromatic heterocycles. The maximum Gasteiger partial charge on any atom is 0.184 e. The highest BCUT2D eigenvalue weighted by atomic mass is 28.4. The zero-order valence-corrected chi connectivity index (χ0v) is 17.9. The molecule has 0 amide bonds. The van der Waals surface area contributed by atoms with Crippen molar-refractivity contribution >= 4 is 14.1 Å². The lowest BCUT2D eigenvalue weighted by atomic mass is 9.47. The monoisotopic (exact) mass is 360 g/mol. The molecule has 6 atom stereocenters. The Kier molecular flexibility index (Phi) is 4.16. The standard InChI is InChI=1S/C22H36O2Si/c1-21-12-10-16(23)14-15(21)6-7-17-18-8-9-20(24-25(3,4)5)22(18,2)13-11-19(17)21/h14,17-20H,6-13H2,1-5H3/t17-,18-,19-,20-,21?,22?/m0/s1. The Hall–Kier alpha value is -0.413. The summed E-state index contributed by atoms with van der Waals surface area (Å²) in [5, 5.41) is 0. The lowest BCUT2D eigenvalue weighted by molar-refractivity contribution is -0.117. The van der Waals surface area contributed by atoms with E-state index >= 15 is 0 Å². The van der Waals surface area contributed by atoms with Crippen molar-refractivity contribution in [2.75, 3.05) is 0 Å². The van der Waals surface area contributed by atoms with Gasteiger partial charge in [-0.15, -0.1) is 0 Å². The van der Waals surface area contributed by atoms with E-state index in [2.05, 4.69) is 33.5 Å².